The summed E-state index contributed by atoms with van der Waals surface area (Å²) >= 11 is 0. The van der Waals surface area contributed by atoms with Gasteiger partial charge in [-0.05, 0) is 43.9 Å². The van der Waals surface area contributed by atoms with Crippen LogP contribution in [0.15, 0.2) is 18.2 Å². The molecule has 1 aromatic carbocycles. The van der Waals surface area contributed by atoms with Gasteiger partial charge in [-0.15, -0.1) is 0 Å². The van der Waals surface area contributed by atoms with Crippen molar-refractivity contribution in [3.63, 3.8) is 0 Å². The summed E-state index contributed by atoms with van der Waals surface area (Å²) in [5.41, 5.74) is 7.44. The van der Waals surface area contributed by atoms with E-state index in [4.69, 9.17) is 5.73 Å². The van der Waals surface area contributed by atoms with Crippen molar-refractivity contribution in [2.24, 2.45) is 0 Å². The Bertz CT molecular complexity index is 365. The molecule has 0 saturated carbocycles. The summed E-state index contributed by atoms with van der Waals surface area (Å²) < 4.78 is 13.0. The number of halogens is 1. The second kappa shape index (κ2) is 4.73. The van der Waals surface area contributed by atoms with E-state index in [0.717, 1.165) is 18.7 Å². The number of benzene rings is 1. The summed E-state index contributed by atoms with van der Waals surface area (Å²) in [6.07, 6.45) is 4.83. The van der Waals surface area contributed by atoms with Crippen LogP contribution in [0, 0.1) is 5.82 Å². The molecule has 0 spiro atoms. The smallest absolute Gasteiger partial charge is 0.125 e. The van der Waals surface area contributed by atoms with Gasteiger partial charge in [-0.1, -0.05) is 6.92 Å². The molecule has 88 valence electrons. The molecule has 1 aliphatic heterocycles. The molecule has 0 amide bonds. The zero-order chi connectivity index (χ0) is 11.5. The SMILES string of the molecule is CC[C@H]1CCCCN1c1ccc(F)cc1N. The zero-order valence-electron chi connectivity index (χ0n) is 9.75. The molecule has 16 heavy (non-hydrogen) atoms. The van der Waals surface area contributed by atoms with E-state index in [1.807, 2.05) is 0 Å². The van der Waals surface area contributed by atoms with Gasteiger partial charge in [0, 0.05) is 12.6 Å². The monoisotopic (exact) mass is 222 g/mol. The standard InChI is InChI=1S/C13H19FN2/c1-2-11-5-3-4-8-16(11)13-7-6-10(14)9-12(13)15/h6-7,9,11H,2-5,8,15H2,1H3/t11-/m0/s1. The number of rotatable bonds is 2. The highest BCUT2D eigenvalue weighted by Gasteiger charge is 2.22. The molecular formula is C13H19FN2. The van der Waals surface area contributed by atoms with Crippen molar-refractivity contribution in [2.45, 2.75) is 38.6 Å². The maximum absolute atomic E-state index is 13.0. The summed E-state index contributed by atoms with van der Waals surface area (Å²) in [6, 6.07) is 5.27. The van der Waals surface area contributed by atoms with Crippen molar-refractivity contribution in [1.82, 2.24) is 0 Å². The van der Waals surface area contributed by atoms with Gasteiger partial charge >= 0.3 is 0 Å². The Balaban J connectivity index is 2.27. The summed E-state index contributed by atoms with van der Waals surface area (Å²) in [5, 5.41) is 0. The van der Waals surface area contributed by atoms with Crippen LogP contribution < -0.4 is 10.6 Å². The van der Waals surface area contributed by atoms with E-state index < -0.39 is 0 Å². The molecule has 1 aromatic rings. The van der Waals surface area contributed by atoms with Gasteiger partial charge in [0.15, 0.2) is 0 Å². The zero-order valence-corrected chi connectivity index (χ0v) is 9.75. The van der Waals surface area contributed by atoms with Crippen LogP contribution in [0.4, 0.5) is 15.8 Å². The molecule has 0 aromatic heterocycles. The van der Waals surface area contributed by atoms with Crippen LogP contribution in [0.3, 0.4) is 0 Å². The molecule has 1 saturated heterocycles. The summed E-state index contributed by atoms with van der Waals surface area (Å²) in [5.74, 6) is -0.258. The molecule has 2 N–H and O–H groups in total. The number of hydrogen-bond acceptors (Lipinski definition) is 2. The lowest BCUT2D eigenvalue weighted by Gasteiger charge is -2.37. The number of piperidine rings is 1. The van der Waals surface area contributed by atoms with Crippen molar-refractivity contribution in [3.05, 3.63) is 24.0 Å². The van der Waals surface area contributed by atoms with Gasteiger partial charge in [0.25, 0.3) is 0 Å². The van der Waals surface area contributed by atoms with Crippen LogP contribution in [0.2, 0.25) is 0 Å². The minimum absolute atomic E-state index is 0.258. The van der Waals surface area contributed by atoms with Crippen LogP contribution in [0.1, 0.15) is 32.6 Å². The van der Waals surface area contributed by atoms with E-state index in [1.165, 1.54) is 31.4 Å². The molecule has 3 heteroatoms. The highest BCUT2D eigenvalue weighted by Crippen LogP contribution is 2.31. The predicted molar refractivity (Wildman–Crippen MR) is 66.1 cm³/mol. The molecule has 2 nitrogen and oxygen atoms in total. The Morgan fingerprint density at radius 1 is 1.44 bits per heavy atom. The van der Waals surface area contributed by atoms with E-state index in [0.29, 0.717) is 11.7 Å². The Kier molecular flexibility index (Phi) is 3.32. The van der Waals surface area contributed by atoms with Crippen LogP contribution in [-0.4, -0.2) is 12.6 Å². The van der Waals surface area contributed by atoms with Crippen LogP contribution >= 0.6 is 0 Å². The third-order valence-corrected chi connectivity index (χ3v) is 3.40. The van der Waals surface area contributed by atoms with Crippen LogP contribution in [-0.2, 0) is 0 Å². The molecule has 2 rings (SSSR count). The maximum atomic E-state index is 13.0. The van der Waals surface area contributed by atoms with Gasteiger partial charge < -0.3 is 10.6 Å². The van der Waals surface area contributed by atoms with Gasteiger partial charge in [-0.3, -0.25) is 0 Å². The average molecular weight is 222 g/mol. The lowest BCUT2D eigenvalue weighted by atomic mass is 9.99. The molecule has 1 aliphatic rings. The highest BCUT2D eigenvalue weighted by atomic mass is 19.1. The second-order valence-corrected chi connectivity index (χ2v) is 4.45. The predicted octanol–water partition coefficient (Wildman–Crippen LogP) is 3.18. The fourth-order valence-corrected chi connectivity index (χ4v) is 2.53. The first-order valence-corrected chi connectivity index (χ1v) is 6.04. The Labute approximate surface area is 96.2 Å². The summed E-state index contributed by atoms with van der Waals surface area (Å²) in [7, 11) is 0. The first-order chi connectivity index (χ1) is 7.72. The summed E-state index contributed by atoms with van der Waals surface area (Å²) in [4.78, 5) is 2.33. The summed E-state index contributed by atoms with van der Waals surface area (Å²) in [6.45, 7) is 3.23. The number of nitrogens with two attached hydrogens (primary N) is 1. The third kappa shape index (κ3) is 2.13. The van der Waals surface area contributed by atoms with Gasteiger partial charge in [-0.25, -0.2) is 4.39 Å². The van der Waals surface area contributed by atoms with E-state index in [2.05, 4.69) is 11.8 Å². The lowest BCUT2D eigenvalue weighted by Crippen LogP contribution is -2.39. The van der Waals surface area contributed by atoms with Crippen molar-refractivity contribution in [1.29, 1.82) is 0 Å². The third-order valence-electron chi connectivity index (χ3n) is 3.40. The molecule has 0 aliphatic carbocycles. The Morgan fingerprint density at radius 3 is 2.94 bits per heavy atom. The van der Waals surface area contributed by atoms with Crippen LogP contribution in [0.25, 0.3) is 0 Å². The first kappa shape index (κ1) is 11.2. The fraction of sp³-hybridized carbons (Fsp3) is 0.538. The molecule has 0 bridgehead atoms. The number of nitrogens with zero attached hydrogens (tertiary/aromatic N) is 1. The molecular weight excluding hydrogens is 203 g/mol. The highest BCUT2D eigenvalue weighted by molar-refractivity contribution is 5.68. The molecule has 1 fully saturated rings. The van der Waals surface area contributed by atoms with Crippen molar-refractivity contribution in [2.75, 3.05) is 17.2 Å². The van der Waals surface area contributed by atoms with Crippen molar-refractivity contribution in [3.8, 4) is 0 Å². The topological polar surface area (TPSA) is 29.3 Å². The first-order valence-electron chi connectivity index (χ1n) is 6.04. The van der Waals surface area contributed by atoms with Crippen molar-refractivity contribution < 1.29 is 4.39 Å². The molecule has 1 atom stereocenters. The van der Waals surface area contributed by atoms with E-state index in [1.54, 1.807) is 6.07 Å². The van der Waals surface area contributed by atoms with Gasteiger partial charge in [0.2, 0.25) is 0 Å². The number of nitrogen functional groups attached to an aromatic ring is 1. The quantitative estimate of drug-likeness (QED) is 0.779. The average Bonchev–Trinajstić information content (AvgIpc) is 2.29. The Morgan fingerprint density at radius 2 is 2.25 bits per heavy atom. The largest absolute Gasteiger partial charge is 0.397 e. The molecule has 1 heterocycles. The van der Waals surface area contributed by atoms with Gasteiger partial charge in [0.05, 0.1) is 11.4 Å². The van der Waals surface area contributed by atoms with E-state index in [9.17, 15) is 4.39 Å². The Hall–Kier alpha value is -1.25. The molecule has 0 unspecified atom stereocenters. The second-order valence-electron chi connectivity index (χ2n) is 4.45. The normalized spacial score (nSPS) is 21.1. The number of anilines is 2. The minimum atomic E-state index is -0.258. The maximum Gasteiger partial charge on any atom is 0.125 e. The van der Waals surface area contributed by atoms with Gasteiger partial charge in [-0.2, -0.15) is 0 Å². The van der Waals surface area contributed by atoms with E-state index in [-0.39, 0.29) is 5.82 Å². The lowest BCUT2D eigenvalue weighted by molar-refractivity contribution is 0.450. The fourth-order valence-electron chi connectivity index (χ4n) is 2.53. The van der Waals surface area contributed by atoms with E-state index >= 15 is 0 Å². The van der Waals surface area contributed by atoms with Gasteiger partial charge in [0.1, 0.15) is 5.82 Å². The van der Waals surface area contributed by atoms with Crippen LogP contribution in [0.5, 0.6) is 0 Å². The van der Waals surface area contributed by atoms with Crippen molar-refractivity contribution >= 4 is 11.4 Å². The molecule has 0 radical (unpaired) electrons. The number of hydrogen-bond donors (Lipinski definition) is 1. The minimum Gasteiger partial charge on any atom is -0.397 e.